The molecule has 1 heterocycles. The van der Waals surface area contributed by atoms with Crippen LogP contribution in [0.4, 0.5) is 5.95 Å². The summed E-state index contributed by atoms with van der Waals surface area (Å²) >= 11 is 0. The smallest absolute Gasteiger partial charge is 0.374 e. The van der Waals surface area contributed by atoms with Crippen LogP contribution in [0.2, 0.25) is 0 Å². The molecule has 14 heavy (non-hydrogen) atoms. The van der Waals surface area contributed by atoms with Gasteiger partial charge in [0.25, 0.3) is 0 Å². The Morgan fingerprint density at radius 3 is 2.36 bits per heavy atom. The molecule has 0 atom stereocenters. The van der Waals surface area contributed by atoms with Crippen molar-refractivity contribution in [3.63, 3.8) is 0 Å². The minimum absolute atomic E-state index is 0.0353. The van der Waals surface area contributed by atoms with Crippen molar-refractivity contribution in [2.75, 3.05) is 18.0 Å². The summed E-state index contributed by atoms with van der Waals surface area (Å²) in [6.07, 6.45) is 0. The van der Waals surface area contributed by atoms with Gasteiger partial charge in [-0.15, -0.1) is 10.2 Å². The number of rotatable bonds is 4. The zero-order valence-electron chi connectivity index (χ0n) is 8.56. The molecule has 0 radical (unpaired) electrons. The average molecular weight is 198 g/mol. The molecule has 78 valence electrons. The molecule has 1 aromatic rings. The minimum atomic E-state index is -1.06. The Morgan fingerprint density at radius 2 is 2.00 bits per heavy atom. The van der Waals surface area contributed by atoms with Gasteiger partial charge in [0.2, 0.25) is 11.8 Å². The molecule has 0 aromatic carbocycles. The van der Waals surface area contributed by atoms with Gasteiger partial charge in [-0.3, -0.25) is 4.57 Å². The first-order valence-corrected chi connectivity index (χ1v) is 4.49. The molecule has 1 N–H and O–H groups in total. The molecule has 0 spiro atoms. The maximum absolute atomic E-state index is 10.7. The summed E-state index contributed by atoms with van der Waals surface area (Å²) in [4.78, 5) is 12.6. The number of carboxylic acid groups (broad SMARTS) is 1. The van der Waals surface area contributed by atoms with Gasteiger partial charge in [-0.2, -0.15) is 0 Å². The van der Waals surface area contributed by atoms with Crippen LogP contribution in [0.15, 0.2) is 0 Å². The van der Waals surface area contributed by atoms with E-state index in [4.69, 9.17) is 5.11 Å². The van der Waals surface area contributed by atoms with Crippen molar-refractivity contribution >= 4 is 11.9 Å². The van der Waals surface area contributed by atoms with Gasteiger partial charge in [0, 0.05) is 20.1 Å². The van der Waals surface area contributed by atoms with Crippen molar-refractivity contribution in [1.82, 2.24) is 14.8 Å². The van der Waals surface area contributed by atoms with Crippen molar-refractivity contribution < 1.29 is 9.90 Å². The predicted molar refractivity (Wildman–Crippen MR) is 51.5 cm³/mol. The fourth-order valence-electron chi connectivity index (χ4n) is 1.29. The maximum atomic E-state index is 10.7. The van der Waals surface area contributed by atoms with E-state index < -0.39 is 5.97 Å². The molecule has 1 aromatic heterocycles. The summed E-state index contributed by atoms with van der Waals surface area (Å²) < 4.78 is 1.48. The monoisotopic (exact) mass is 198 g/mol. The largest absolute Gasteiger partial charge is 0.475 e. The summed E-state index contributed by atoms with van der Waals surface area (Å²) in [6, 6.07) is 0. The summed E-state index contributed by atoms with van der Waals surface area (Å²) in [6.45, 7) is 5.53. The van der Waals surface area contributed by atoms with Crippen molar-refractivity contribution in [2.24, 2.45) is 7.05 Å². The topological polar surface area (TPSA) is 71.2 Å². The molecule has 0 saturated heterocycles. The maximum Gasteiger partial charge on any atom is 0.374 e. The van der Waals surface area contributed by atoms with Crippen LogP contribution in [0.1, 0.15) is 24.5 Å². The van der Waals surface area contributed by atoms with Crippen LogP contribution in [0.3, 0.4) is 0 Å². The number of nitrogens with zero attached hydrogens (tertiary/aromatic N) is 4. The Labute approximate surface area is 82.2 Å². The molecular weight excluding hydrogens is 184 g/mol. The highest BCUT2D eigenvalue weighted by Crippen LogP contribution is 2.10. The minimum Gasteiger partial charge on any atom is -0.475 e. The number of hydrogen-bond acceptors (Lipinski definition) is 4. The summed E-state index contributed by atoms with van der Waals surface area (Å²) in [5, 5.41) is 16.2. The normalized spacial score (nSPS) is 10.2. The lowest BCUT2D eigenvalue weighted by Crippen LogP contribution is -2.25. The molecule has 0 aliphatic rings. The quantitative estimate of drug-likeness (QED) is 0.756. The SMILES string of the molecule is CCN(CC)c1nnc(C(=O)O)n1C. The highest BCUT2D eigenvalue weighted by Gasteiger charge is 2.17. The van der Waals surface area contributed by atoms with Gasteiger partial charge in [-0.05, 0) is 13.8 Å². The Balaban J connectivity index is 3.05. The van der Waals surface area contributed by atoms with Gasteiger partial charge < -0.3 is 10.0 Å². The fourth-order valence-corrected chi connectivity index (χ4v) is 1.29. The standard InChI is InChI=1S/C8H14N4O2/c1-4-12(5-2)8-10-9-6(7(13)14)11(8)3/h4-5H2,1-3H3,(H,13,14). The Bertz CT molecular complexity index is 330. The number of hydrogen-bond donors (Lipinski definition) is 1. The lowest BCUT2D eigenvalue weighted by molar-refractivity contribution is 0.0679. The molecule has 0 saturated carbocycles. The Kier molecular flexibility index (Phi) is 3.06. The van der Waals surface area contributed by atoms with Crippen LogP contribution < -0.4 is 4.90 Å². The van der Waals surface area contributed by atoms with Crippen LogP contribution in [-0.2, 0) is 7.05 Å². The number of anilines is 1. The molecule has 0 unspecified atom stereocenters. The third-order valence-electron chi connectivity index (χ3n) is 2.09. The van der Waals surface area contributed by atoms with Crippen molar-refractivity contribution in [3.05, 3.63) is 5.82 Å². The molecule has 0 aliphatic heterocycles. The van der Waals surface area contributed by atoms with Gasteiger partial charge >= 0.3 is 5.97 Å². The fraction of sp³-hybridized carbons (Fsp3) is 0.625. The summed E-state index contributed by atoms with van der Waals surface area (Å²) in [7, 11) is 1.65. The van der Waals surface area contributed by atoms with Crippen molar-refractivity contribution in [3.8, 4) is 0 Å². The molecule has 6 nitrogen and oxygen atoms in total. The second-order valence-corrected chi connectivity index (χ2v) is 2.86. The van der Waals surface area contributed by atoms with E-state index in [1.807, 2.05) is 18.7 Å². The van der Waals surface area contributed by atoms with Crippen LogP contribution in [0.25, 0.3) is 0 Å². The van der Waals surface area contributed by atoms with Gasteiger partial charge in [0.15, 0.2) is 0 Å². The summed E-state index contributed by atoms with van der Waals surface area (Å²) in [5.41, 5.74) is 0. The zero-order chi connectivity index (χ0) is 10.7. The third-order valence-corrected chi connectivity index (χ3v) is 2.09. The van der Waals surface area contributed by atoms with Gasteiger partial charge in [0.1, 0.15) is 0 Å². The molecule has 0 bridgehead atoms. The molecule has 1 rings (SSSR count). The Hall–Kier alpha value is -1.59. The first-order valence-electron chi connectivity index (χ1n) is 4.49. The number of carboxylic acids is 1. The van der Waals surface area contributed by atoms with Crippen LogP contribution in [0, 0.1) is 0 Å². The molecule has 0 aliphatic carbocycles. The first kappa shape index (κ1) is 10.5. The molecule has 0 fully saturated rings. The van der Waals surface area contributed by atoms with E-state index in [9.17, 15) is 4.79 Å². The highest BCUT2D eigenvalue weighted by atomic mass is 16.4. The second kappa shape index (κ2) is 4.08. The van der Waals surface area contributed by atoms with Crippen LogP contribution >= 0.6 is 0 Å². The molecular formula is C8H14N4O2. The van der Waals surface area contributed by atoms with Crippen molar-refractivity contribution in [2.45, 2.75) is 13.8 Å². The van der Waals surface area contributed by atoms with E-state index in [1.165, 1.54) is 4.57 Å². The van der Waals surface area contributed by atoms with Crippen molar-refractivity contribution in [1.29, 1.82) is 0 Å². The van der Waals surface area contributed by atoms with E-state index >= 15 is 0 Å². The van der Waals surface area contributed by atoms with E-state index in [0.29, 0.717) is 5.95 Å². The van der Waals surface area contributed by atoms with E-state index in [2.05, 4.69) is 10.2 Å². The number of aromatic nitrogens is 3. The van der Waals surface area contributed by atoms with Gasteiger partial charge in [-0.1, -0.05) is 0 Å². The second-order valence-electron chi connectivity index (χ2n) is 2.86. The van der Waals surface area contributed by atoms with E-state index in [-0.39, 0.29) is 5.82 Å². The lowest BCUT2D eigenvalue weighted by Gasteiger charge is -2.18. The lowest BCUT2D eigenvalue weighted by atomic mass is 10.5. The average Bonchev–Trinajstić information content (AvgIpc) is 2.51. The molecule has 0 amide bonds. The zero-order valence-corrected chi connectivity index (χ0v) is 8.56. The molecule has 6 heteroatoms. The van der Waals surface area contributed by atoms with E-state index in [0.717, 1.165) is 13.1 Å². The highest BCUT2D eigenvalue weighted by molar-refractivity contribution is 5.83. The van der Waals surface area contributed by atoms with Crippen LogP contribution in [-0.4, -0.2) is 38.9 Å². The van der Waals surface area contributed by atoms with Gasteiger partial charge in [0.05, 0.1) is 0 Å². The first-order chi connectivity index (χ1) is 6.61. The summed E-state index contributed by atoms with van der Waals surface area (Å²) in [5.74, 6) is -0.502. The third kappa shape index (κ3) is 1.68. The van der Waals surface area contributed by atoms with E-state index in [1.54, 1.807) is 7.05 Å². The Morgan fingerprint density at radius 1 is 1.43 bits per heavy atom. The van der Waals surface area contributed by atoms with Gasteiger partial charge in [-0.25, -0.2) is 4.79 Å². The number of carbonyl (C=O) groups is 1. The number of aromatic carboxylic acids is 1. The van der Waals surface area contributed by atoms with Crippen LogP contribution in [0.5, 0.6) is 0 Å². The predicted octanol–water partition coefficient (Wildman–Crippen LogP) is 0.359.